The average molecular weight is 403 g/mol. The number of rotatable bonds is 2. The molecule has 4 heterocycles. The van der Waals surface area contributed by atoms with E-state index >= 15 is 0 Å². The zero-order chi connectivity index (χ0) is 21.0. The molecular weight excluding hydrogens is 376 g/mol. The molecule has 0 unspecified atom stereocenters. The van der Waals surface area contributed by atoms with E-state index in [2.05, 4.69) is 47.1 Å². The first-order chi connectivity index (χ1) is 14.4. The number of benzene rings is 1. The Morgan fingerprint density at radius 3 is 2.67 bits per heavy atom. The number of aryl methyl sites for hydroxylation is 2. The van der Waals surface area contributed by atoms with E-state index in [0.717, 1.165) is 35.1 Å². The molecule has 2 atom stereocenters. The lowest BCUT2D eigenvalue weighted by Gasteiger charge is -2.38. The van der Waals surface area contributed by atoms with E-state index < -0.39 is 0 Å². The molecule has 1 aromatic carbocycles. The highest BCUT2D eigenvalue weighted by molar-refractivity contribution is 5.90. The second-order valence-corrected chi connectivity index (χ2v) is 8.44. The summed E-state index contributed by atoms with van der Waals surface area (Å²) in [4.78, 5) is 11.9. The number of anilines is 1. The van der Waals surface area contributed by atoms with Gasteiger partial charge in [-0.1, -0.05) is 0 Å². The minimum Gasteiger partial charge on any atom is -0.507 e. The highest BCUT2D eigenvalue weighted by atomic mass is 16.3. The first kappa shape index (κ1) is 18.8. The Labute approximate surface area is 175 Å². The fraction of sp³-hybridized carbons (Fsp3) is 0.348. The minimum absolute atomic E-state index is 0.171. The molecule has 2 N–H and O–H groups in total. The van der Waals surface area contributed by atoms with Crippen LogP contribution < -0.4 is 10.2 Å². The topological polar surface area (TPSA) is 79.1 Å². The third-order valence-corrected chi connectivity index (χ3v) is 5.88. The van der Waals surface area contributed by atoms with Gasteiger partial charge in [-0.05, 0) is 44.5 Å². The summed E-state index contributed by atoms with van der Waals surface area (Å²) >= 11 is 0. The lowest BCUT2D eigenvalue weighted by molar-refractivity contribution is 0.406. The summed E-state index contributed by atoms with van der Waals surface area (Å²) in [5.41, 5.74) is 5.19. The molecule has 7 nitrogen and oxygen atoms in total. The van der Waals surface area contributed by atoms with Crippen LogP contribution in [0, 0.1) is 6.92 Å². The molecule has 1 fully saturated rings. The first-order valence-electron chi connectivity index (χ1n) is 10.3. The van der Waals surface area contributed by atoms with E-state index in [1.807, 2.05) is 31.6 Å². The largest absolute Gasteiger partial charge is 0.507 e. The number of phenols is 1. The maximum atomic E-state index is 10.5. The predicted octanol–water partition coefficient (Wildman–Crippen LogP) is 3.38. The molecule has 0 spiro atoms. The summed E-state index contributed by atoms with van der Waals surface area (Å²) in [6.07, 6.45) is 3.87. The number of aromatic hydroxyl groups is 1. The van der Waals surface area contributed by atoms with Crippen LogP contribution in [0.4, 0.5) is 5.69 Å². The minimum atomic E-state index is 0.171. The summed E-state index contributed by atoms with van der Waals surface area (Å²) in [6.45, 7) is 8.49. The smallest absolute Gasteiger partial charge is 0.160 e. The van der Waals surface area contributed by atoms with Crippen LogP contribution in [0.1, 0.15) is 19.4 Å². The number of nitrogens with one attached hydrogen (secondary N) is 1. The van der Waals surface area contributed by atoms with Crippen molar-refractivity contribution < 1.29 is 5.11 Å². The van der Waals surface area contributed by atoms with Crippen molar-refractivity contribution in [3.63, 3.8) is 0 Å². The Bertz CT molecular complexity index is 1250. The number of hydrogen-bond acceptors (Lipinski definition) is 6. The Kier molecular flexibility index (Phi) is 4.36. The van der Waals surface area contributed by atoms with Gasteiger partial charge in [-0.25, -0.2) is 9.97 Å². The lowest BCUT2D eigenvalue weighted by atomic mass is 10.0. The van der Waals surface area contributed by atoms with E-state index in [4.69, 9.17) is 4.98 Å². The maximum absolute atomic E-state index is 10.5. The van der Waals surface area contributed by atoms with Crippen LogP contribution in [0.25, 0.3) is 33.2 Å². The van der Waals surface area contributed by atoms with Crippen molar-refractivity contribution in [2.45, 2.75) is 32.9 Å². The summed E-state index contributed by atoms with van der Waals surface area (Å²) < 4.78 is 1.74. The van der Waals surface area contributed by atoms with Crippen molar-refractivity contribution in [1.82, 2.24) is 25.1 Å². The van der Waals surface area contributed by atoms with Crippen LogP contribution in [0.15, 0.2) is 36.7 Å². The third-order valence-electron chi connectivity index (χ3n) is 5.88. The van der Waals surface area contributed by atoms with Crippen LogP contribution in [-0.4, -0.2) is 50.0 Å². The van der Waals surface area contributed by atoms with E-state index in [0.29, 0.717) is 29.0 Å². The number of nitrogens with zero attached hydrogens (tertiary/aromatic N) is 5. The summed E-state index contributed by atoms with van der Waals surface area (Å²) in [5, 5.41) is 20.5. The standard InChI is InChI=1S/C23H26N6O/c1-13-10-29(11-14(2)25-13)21-9-24-23-17(15(21)3)5-6-19(26-23)18-7-16-12-28(4)27-20(16)8-22(18)30/h5-9,12-14,25,30H,10-11H2,1-4H3/t13-,14-/m0/s1. The Hall–Kier alpha value is -3.19. The summed E-state index contributed by atoms with van der Waals surface area (Å²) in [7, 11) is 1.87. The molecule has 0 aliphatic carbocycles. The molecule has 30 heavy (non-hydrogen) atoms. The monoisotopic (exact) mass is 402 g/mol. The average Bonchev–Trinajstić information content (AvgIpc) is 3.05. The lowest BCUT2D eigenvalue weighted by Crippen LogP contribution is -2.54. The van der Waals surface area contributed by atoms with Crippen LogP contribution >= 0.6 is 0 Å². The van der Waals surface area contributed by atoms with Gasteiger partial charge in [0.25, 0.3) is 0 Å². The van der Waals surface area contributed by atoms with Gasteiger partial charge in [0.2, 0.25) is 0 Å². The molecule has 154 valence electrons. The first-order valence-corrected chi connectivity index (χ1v) is 10.3. The second kappa shape index (κ2) is 6.95. The van der Waals surface area contributed by atoms with E-state index in [1.54, 1.807) is 10.7 Å². The molecule has 4 aromatic rings. The quantitative estimate of drug-likeness (QED) is 0.535. The van der Waals surface area contributed by atoms with Crippen molar-refractivity contribution in [1.29, 1.82) is 0 Å². The second-order valence-electron chi connectivity index (χ2n) is 8.44. The van der Waals surface area contributed by atoms with Gasteiger partial charge in [0.1, 0.15) is 5.75 Å². The Morgan fingerprint density at radius 1 is 1.13 bits per heavy atom. The molecular formula is C23H26N6O. The predicted molar refractivity (Wildman–Crippen MR) is 120 cm³/mol. The molecule has 1 aliphatic rings. The van der Waals surface area contributed by atoms with Crippen molar-refractivity contribution in [2.24, 2.45) is 7.05 Å². The van der Waals surface area contributed by atoms with E-state index in [9.17, 15) is 5.11 Å². The zero-order valence-corrected chi connectivity index (χ0v) is 17.7. The van der Waals surface area contributed by atoms with Gasteiger partial charge < -0.3 is 15.3 Å². The van der Waals surface area contributed by atoms with Gasteiger partial charge in [0.05, 0.1) is 23.1 Å². The maximum Gasteiger partial charge on any atom is 0.160 e. The highest BCUT2D eigenvalue weighted by Crippen LogP contribution is 2.34. The molecule has 3 aromatic heterocycles. The number of aromatic nitrogens is 4. The van der Waals surface area contributed by atoms with E-state index in [-0.39, 0.29) is 5.75 Å². The number of pyridine rings is 2. The third kappa shape index (κ3) is 3.15. The van der Waals surface area contributed by atoms with Gasteiger partial charge >= 0.3 is 0 Å². The number of fused-ring (bicyclic) bond motifs is 2. The van der Waals surface area contributed by atoms with Crippen molar-refractivity contribution in [3.8, 4) is 17.0 Å². The SMILES string of the molecule is Cc1c(N2C[C@H](C)N[C@@H](C)C2)cnc2nc(-c3cc4cn(C)nc4cc3O)ccc12. The molecule has 1 saturated heterocycles. The van der Waals surface area contributed by atoms with Crippen LogP contribution in [-0.2, 0) is 7.05 Å². The fourth-order valence-corrected chi connectivity index (χ4v) is 4.58. The molecule has 0 amide bonds. The van der Waals surface area contributed by atoms with Gasteiger partial charge in [-0.15, -0.1) is 0 Å². The van der Waals surface area contributed by atoms with Crippen molar-refractivity contribution in [2.75, 3.05) is 18.0 Å². The molecule has 0 radical (unpaired) electrons. The van der Waals surface area contributed by atoms with Gasteiger partial charge in [-0.3, -0.25) is 4.68 Å². The number of piperazine rings is 1. The van der Waals surface area contributed by atoms with Crippen LogP contribution in [0.5, 0.6) is 5.75 Å². The van der Waals surface area contributed by atoms with Gasteiger partial charge in [0, 0.05) is 60.8 Å². The van der Waals surface area contributed by atoms with Gasteiger partial charge in [0.15, 0.2) is 5.65 Å². The molecule has 5 rings (SSSR count). The molecule has 7 heteroatoms. The van der Waals surface area contributed by atoms with Crippen molar-refractivity contribution in [3.05, 3.63) is 42.2 Å². The molecule has 1 aliphatic heterocycles. The van der Waals surface area contributed by atoms with Crippen LogP contribution in [0.3, 0.4) is 0 Å². The number of phenolic OH excluding ortho intramolecular Hbond substituents is 1. The van der Waals surface area contributed by atoms with Gasteiger partial charge in [-0.2, -0.15) is 5.10 Å². The van der Waals surface area contributed by atoms with Crippen LogP contribution in [0.2, 0.25) is 0 Å². The fourth-order valence-electron chi connectivity index (χ4n) is 4.58. The highest BCUT2D eigenvalue weighted by Gasteiger charge is 2.23. The number of hydrogen-bond donors (Lipinski definition) is 2. The zero-order valence-electron chi connectivity index (χ0n) is 17.7. The summed E-state index contributed by atoms with van der Waals surface area (Å²) in [6, 6.07) is 8.51. The summed E-state index contributed by atoms with van der Waals surface area (Å²) in [5.74, 6) is 0.171. The normalized spacial score (nSPS) is 19.7. The Balaban J connectivity index is 1.56. The van der Waals surface area contributed by atoms with Crippen molar-refractivity contribution >= 4 is 27.6 Å². The molecule has 0 saturated carbocycles. The van der Waals surface area contributed by atoms with E-state index in [1.165, 1.54) is 5.56 Å². The molecule has 0 bridgehead atoms. The Morgan fingerprint density at radius 2 is 1.90 bits per heavy atom.